The third-order valence-electron chi connectivity index (χ3n) is 3.75. The van der Waals surface area contributed by atoms with Gasteiger partial charge in [-0.05, 0) is 36.4 Å². The van der Waals surface area contributed by atoms with Gasteiger partial charge < -0.3 is 15.5 Å². The van der Waals surface area contributed by atoms with Gasteiger partial charge in [-0.1, -0.05) is 36.5 Å². The molecule has 0 fully saturated rings. The molecule has 144 valence electrons. The second kappa shape index (κ2) is 7.93. The summed E-state index contributed by atoms with van der Waals surface area (Å²) in [7, 11) is -3.74. The highest BCUT2D eigenvalue weighted by Crippen LogP contribution is 2.23. The monoisotopic (exact) mass is 415 g/mol. The number of nitrogens with one attached hydrogen (secondary N) is 1. The fraction of sp³-hybridized carbons (Fsp3) is 0. The molecule has 0 saturated carbocycles. The van der Waals surface area contributed by atoms with E-state index in [0.29, 0.717) is 16.3 Å². The molecule has 0 saturated heterocycles. The maximum absolute atomic E-state index is 12.1. The number of para-hydroxylation sites is 1. The zero-order valence-electron chi connectivity index (χ0n) is 14.6. The Hall–Kier alpha value is -3.01. The molecule has 0 unspecified atom stereocenters. The highest BCUT2D eigenvalue weighted by Gasteiger charge is 2.09. The van der Waals surface area contributed by atoms with Gasteiger partial charge >= 0.3 is 5.63 Å². The number of sulfonamides is 1. The first-order chi connectivity index (χ1) is 13.2. The van der Waals surface area contributed by atoms with E-state index in [1.54, 1.807) is 35.7 Å². The predicted molar refractivity (Wildman–Crippen MR) is 113 cm³/mol. The van der Waals surface area contributed by atoms with Gasteiger partial charge in [-0.25, -0.2) is 18.4 Å². The topological polar surface area (TPSA) is 128 Å². The van der Waals surface area contributed by atoms with E-state index < -0.39 is 15.6 Å². The summed E-state index contributed by atoms with van der Waals surface area (Å²) in [5.41, 5.74) is 7.13. The van der Waals surface area contributed by atoms with Crippen LogP contribution in [0.4, 0.5) is 5.69 Å². The molecule has 3 aromatic rings. The van der Waals surface area contributed by atoms with Crippen molar-refractivity contribution < 1.29 is 12.8 Å². The van der Waals surface area contributed by atoms with Crippen molar-refractivity contribution in [2.45, 2.75) is 4.90 Å². The molecule has 9 heteroatoms. The summed E-state index contributed by atoms with van der Waals surface area (Å²) < 4.78 is 27.8. The number of rotatable bonds is 6. The summed E-state index contributed by atoms with van der Waals surface area (Å²) >= 11 is 1.18. The molecule has 3 rings (SSSR count). The highest BCUT2D eigenvalue weighted by atomic mass is 32.2. The van der Waals surface area contributed by atoms with Gasteiger partial charge in [0.25, 0.3) is 0 Å². The van der Waals surface area contributed by atoms with Crippen LogP contribution in [0.2, 0.25) is 0 Å². The van der Waals surface area contributed by atoms with Crippen molar-refractivity contribution in [3.63, 3.8) is 0 Å². The van der Waals surface area contributed by atoms with Gasteiger partial charge in [-0.2, -0.15) is 0 Å². The Labute approximate surface area is 165 Å². The van der Waals surface area contributed by atoms with E-state index in [1.165, 1.54) is 23.9 Å². The number of primary sulfonamides is 1. The van der Waals surface area contributed by atoms with E-state index in [2.05, 4.69) is 11.9 Å². The Morgan fingerprint density at radius 1 is 1.14 bits per heavy atom. The lowest BCUT2D eigenvalue weighted by Crippen LogP contribution is -2.11. The van der Waals surface area contributed by atoms with Crippen LogP contribution in [0.1, 0.15) is 5.56 Å². The van der Waals surface area contributed by atoms with Crippen LogP contribution < -0.4 is 21.8 Å². The van der Waals surface area contributed by atoms with Gasteiger partial charge in [-0.3, -0.25) is 0 Å². The largest absolute Gasteiger partial charge is 0.422 e. The average Bonchev–Trinajstić information content (AvgIpc) is 2.65. The number of hydrogen-bond donors (Lipinski definition) is 3. The first kappa shape index (κ1) is 19.7. The van der Waals surface area contributed by atoms with E-state index in [9.17, 15) is 13.2 Å². The fourth-order valence-corrected chi connectivity index (χ4v) is 3.47. The summed E-state index contributed by atoms with van der Waals surface area (Å²) in [6, 6.07) is 14.7. The molecule has 0 bridgehead atoms. The molecule has 0 aliphatic carbocycles. The van der Waals surface area contributed by atoms with Crippen LogP contribution >= 0.6 is 11.8 Å². The predicted octanol–water partition coefficient (Wildman–Crippen LogP) is 3.01. The van der Waals surface area contributed by atoms with Crippen LogP contribution in [0, 0.1) is 0 Å². The quantitative estimate of drug-likeness (QED) is 0.528. The van der Waals surface area contributed by atoms with Crippen LogP contribution in [-0.2, 0) is 10.0 Å². The molecular weight excluding hydrogens is 398 g/mol. The molecule has 5 N–H and O–H groups in total. The Balaban J connectivity index is 1.72. The lowest BCUT2D eigenvalue weighted by Gasteiger charge is -2.08. The first-order valence-corrected chi connectivity index (χ1v) is 10.4. The molecule has 0 spiro atoms. The van der Waals surface area contributed by atoms with Crippen LogP contribution in [0.15, 0.2) is 85.7 Å². The molecular formula is C19H17N3O4S2. The maximum atomic E-state index is 12.1. The number of benzene rings is 2. The normalized spacial score (nSPS) is 12.1. The minimum atomic E-state index is -3.74. The van der Waals surface area contributed by atoms with E-state index in [4.69, 9.17) is 15.3 Å². The number of thioether (sulfide) groups is 1. The average molecular weight is 415 g/mol. The van der Waals surface area contributed by atoms with E-state index in [0.717, 1.165) is 5.39 Å². The van der Waals surface area contributed by atoms with Crippen molar-refractivity contribution in [3.8, 4) is 0 Å². The van der Waals surface area contributed by atoms with E-state index in [1.807, 2.05) is 12.1 Å². The van der Waals surface area contributed by atoms with Gasteiger partial charge in [0.1, 0.15) is 5.58 Å². The van der Waals surface area contributed by atoms with Gasteiger partial charge in [0.15, 0.2) is 0 Å². The third kappa shape index (κ3) is 4.63. The van der Waals surface area contributed by atoms with Crippen LogP contribution in [-0.4, -0.2) is 8.42 Å². The Bertz CT molecular complexity index is 1230. The zero-order chi connectivity index (χ0) is 20.3. The second-order valence-electron chi connectivity index (χ2n) is 5.79. The van der Waals surface area contributed by atoms with Gasteiger partial charge in [0.2, 0.25) is 10.0 Å². The minimum absolute atomic E-state index is 0.0171. The first-order valence-electron chi connectivity index (χ1n) is 7.98. The molecule has 0 aliphatic rings. The smallest absolute Gasteiger partial charge is 0.345 e. The molecule has 0 amide bonds. The van der Waals surface area contributed by atoms with Gasteiger partial charge in [-0.15, -0.1) is 0 Å². The summed E-state index contributed by atoms with van der Waals surface area (Å²) in [4.78, 5) is 12.1. The number of nitrogens with two attached hydrogens (primary N) is 2. The van der Waals surface area contributed by atoms with Crippen molar-refractivity contribution in [2.75, 3.05) is 5.32 Å². The van der Waals surface area contributed by atoms with Crippen molar-refractivity contribution in [1.82, 2.24) is 0 Å². The molecule has 7 nitrogen and oxygen atoms in total. The Morgan fingerprint density at radius 3 is 2.50 bits per heavy atom. The molecule has 1 heterocycles. The van der Waals surface area contributed by atoms with E-state index >= 15 is 0 Å². The lowest BCUT2D eigenvalue weighted by molar-refractivity contribution is 0.558. The van der Waals surface area contributed by atoms with Gasteiger partial charge in [0.05, 0.1) is 21.2 Å². The SMILES string of the molecule is C=C(Nc1ccc(S(N)(=O)=O)cc1)S/C=C(\N)c1cc2ccccc2oc1=O. The van der Waals surface area contributed by atoms with Crippen LogP contribution in [0.25, 0.3) is 16.7 Å². The van der Waals surface area contributed by atoms with Crippen molar-refractivity contribution in [3.05, 3.63) is 87.6 Å². The van der Waals surface area contributed by atoms with Gasteiger partial charge in [0, 0.05) is 16.5 Å². The number of fused-ring (bicyclic) bond motifs is 1. The van der Waals surface area contributed by atoms with Crippen LogP contribution in [0.5, 0.6) is 0 Å². The molecule has 0 atom stereocenters. The Kier molecular flexibility index (Phi) is 5.59. The number of hydrogen-bond acceptors (Lipinski definition) is 7. The Morgan fingerprint density at radius 2 is 1.82 bits per heavy atom. The second-order valence-corrected chi connectivity index (χ2v) is 8.32. The van der Waals surface area contributed by atoms with E-state index in [-0.39, 0.29) is 16.2 Å². The minimum Gasteiger partial charge on any atom is -0.422 e. The molecule has 2 aromatic carbocycles. The maximum Gasteiger partial charge on any atom is 0.345 e. The molecule has 1 aromatic heterocycles. The molecule has 28 heavy (non-hydrogen) atoms. The fourth-order valence-electron chi connectivity index (χ4n) is 2.38. The van der Waals surface area contributed by atoms with Crippen molar-refractivity contribution in [1.29, 1.82) is 0 Å². The molecule has 0 aliphatic heterocycles. The summed E-state index contributed by atoms with van der Waals surface area (Å²) in [5.74, 6) is 0. The highest BCUT2D eigenvalue weighted by molar-refractivity contribution is 8.06. The summed E-state index contributed by atoms with van der Waals surface area (Å²) in [6.45, 7) is 3.87. The molecule has 0 radical (unpaired) electrons. The third-order valence-corrected chi connectivity index (χ3v) is 5.43. The van der Waals surface area contributed by atoms with Crippen molar-refractivity contribution in [2.24, 2.45) is 10.9 Å². The summed E-state index contributed by atoms with van der Waals surface area (Å²) in [5, 5.41) is 10.9. The zero-order valence-corrected chi connectivity index (χ0v) is 16.2. The van der Waals surface area contributed by atoms with Crippen LogP contribution in [0.3, 0.4) is 0 Å². The number of anilines is 1. The standard InChI is InChI=1S/C19H17N3O4S2/c1-12(22-14-6-8-15(9-7-14)28(21,24)25)27-11-17(20)16-10-13-4-2-3-5-18(13)26-19(16)23/h2-11,22H,1,20H2,(H2,21,24,25)/b17-11-. The lowest BCUT2D eigenvalue weighted by atomic mass is 10.1. The van der Waals surface area contributed by atoms with Crippen molar-refractivity contribution >= 4 is 44.1 Å². The summed E-state index contributed by atoms with van der Waals surface area (Å²) in [6.07, 6.45) is 0.